The van der Waals surface area contributed by atoms with Gasteiger partial charge in [-0.2, -0.15) is 13.2 Å². The van der Waals surface area contributed by atoms with Gasteiger partial charge in [-0.25, -0.2) is 4.98 Å². The van der Waals surface area contributed by atoms with Crippen LogP contribution in [-0.4, -0.2) is 50.7 Å². The lowest BCUT2D eigenvalue weighted by molar-refractivity contribution is -0.250. The van der Waals surface area contributed by atoms with Gasteiger partial charge in [0.2, 0.25) is 5.60 Å². The number of aryl methyl sites for hydroxylation is 1. The van der Waals surface area contributed by atoms with E-state index in [9.17, 15) is 23.1 Å². The van der Waals surface area contributed by atoms with Gasteiger partial charge in [0.15, 0.2) is 0 Å². The molecule has 0 spiro atoms. The molecule has 9 heteroatoms. The van der Waals surface area contributed by atoms with Crippen molar-refractivity contribution < 1.29 is 23.1 Å². The van der Waals surface area contributed by atoms with E-state index in [0.29, 0.717) is 13.3 Å². The zero-order valence-corrected chi connectivity index (χ0v) is 19.1. The van der Waals surface area contributed by atoms with E-state index in [1.807, 2.05) is 19.2 Å². The summed E-state index contributed by atoms with van der Waals surface area (Å²) in [5.41, 5.74) is 3.28. The first kappa shape index (κ1) is 22.9. The van der Waals surface area contributed by atoms with Gasteiger partial charge < -0.3 is 20.3 Å². The third kappa shape index (κ3) is 3.76. The summed E-state index contributed by atoms with van der Waals surface area (Å²) < 4.78 is 39.9. The first-order valence-corrected chi connectivity index (χ1v) is 11.5. The van der Waals surface area contributed by atoms with Gasteiger partial charge >= 0.3 is 6.18 Å². The Kier molecular flexibility index (Phi) is 5.44. The van der Waals surface area contributed by atoms with Crippen molar-refractivity contribution in [3.63, 3.8) is 0 Å². The van der Waals surface area contributed by atoms with Gasteiger partial charge in [0.25, 0.3) is 5.91 Å². The van der Waals surface area contributed by atoms with Gasteiger partial charge in [0, 0.05) is 42.5 Å². The molecule has 0 saturated carbocycles. The Hall–Kier alpha value is -2.91. The number of carbonyl (C=O) groups excluding carboxylic acids is 1. The minimum atomic E-state index is -5.04. The van der Waals surface area contributed by atoms with Crippen LogP contribution in [0.25, 0.3) is 22.2 Å². The van der Waals surface area contributed by atoms with Crippen molar-refractivity contribution >= 4 is 16.9 Å². The molecular formula is C25H27F3N4O2. The number of aromatic amines is 1. The molecule has 1 amide bonds. The van der Waals surface area contributed by atoms with Crippen molar-refractivity contribution in [1.82, 2.24) is 20.2 Å². The molecule has 3 aromatic rings. The maximum atomic E-state index is 13.3. The molecule has 0 bridgehead atoms. The van der Waals surface area contributed by atoms with Crippen molar-refractivity contribution in [2.24, 2.45) is 0 Å². The second kappa shape index (κ2) is 8.09. The van der Waals surface area contributed by atoms with E-state index in [1.54, 1.807) is 6.20 Å². The quantitative estimate of drug-likeness (QED) is 0.535. The SMILES string of the molecule is Cc1c[nH]c2ncc(-c3cc4c(c([C@@H]5CCCN5)c3)CCN(C(=O)[C@](C)(O)C(F)(F)F)C4)cc12. The second-order valence-electron chi connectivity index (χ2n) is 9.49. The molecule has 0 aliphatic carbocycles. The number of amides is 1. The van der Waals surface area contributed by atoms with Gasteiger partial charge in [-0.3, -0.25) is 4.79 Å². The highest BCUT2D eigenvalue weighted by Crippen LogP contribution is 2.38. The summed E-state index contributed by atoms with van der Waals surface area (Å²) in [6.45, 7) is 3.59. The number of halogens is 3. The number of aromatic nitrogens is 2. The Bertz CT molecular complexity index is 1260. The Balaban J connectivity index is 1.57. The smallest absolute Gasteiger partial charge is 0.373 e. The van der Waals surface area contributed by atoms with E-state index in [-0.39, 0.29) is 19.1 Å². The van der Waals surface area contributed by atoms with Crippen molar-refractivity contribution in [3.05, 3.63) is 52.8 Å². The summed E-state index contributed by atoms with van der Waals surface area (Å²) in [4.78, 5) is 21.4. The first-order valence-electron chi connectivity index (χ1n) is 11.5. The predicted molar refractivity (Wildman–Crippen MR) is 122 cm³/mol. The van der Waals surface area contributed by atoms with Crippen molar-refractivity contribution in [1.29, 1.82) is 0 Å². The fourth-order valence-electron chi connectivity index (χ4n) is 5.06. The van der Waals surface area contributed by atoms with Gasteiger partial charge in [0.05, 0.1) is 0 Å². The molecule has 0 radical (unpaired) electrons. The number of benzene rings is 1. The van der Waals surface area contributed by atoms with Crippen LogP contribution in [0.1, 0.15) is 48.1 Å². The minimum absolute atomic E-state index is 0.0206. The summed E-state index contributed by atoms with van der Waals surface area (Å²) in [5.74, 6) is -1.32. The van der Waals surface area contributed by atoms with Crippen LogP contribution in [0.5, 0.6) is 0 Å². The summed E-state index contributed by atoms with van der Waals surface area (Å²) in [6, 6.07) is 6.32. The average Bonchev–Trinajstić information content (AvgIpc) is 3.47. The largest absolute Gasteiger partial charge is 0.426 e. The molecule has 34 heavy (non-hydrogen) atoms. The zero-order valence-electron chi connectivity index (χ0n) is 19.1. The Morgan fingerprint density at radius 3 is 2.74 bits per heavy atom. The highest BCUT2D eigenvalue weighted by atomic mass is 19.4. The van der Waals surface area contributed by atoms with Crippen LogP contribution in [-0.2, 0) is 17.8 Å². The summed E-state index contributed by atoms with van der Waals surface area (Å²) >= 11 is 0. The first-order chi connectivity index (χ1) is 16.1. The zero-order chi connectivity index (χ0) is 24.3. The second-order valence-corrected chi connectivity index (χ2v) is 9.49. The lowest BCUT2D eigenvalue weighted by Gasteiger charge is -2.36. The van der Waals surface area contributed by atoms with E-state index >= 15 is 0 Å². The molecule has 2 aromatic heterocycles. The number of aliphatic hydroxyl groups is 1. The fraction of sp³-hybridized carbons (Fsp3) is 0.440. The van der Waals surface area contributed by atoms with Crippen molar-refractivity contribution in [3.8, 4) is 11.1 Å². The molecule has 1 fully saturated rings. The molecule has 6 nitrogen and oxygen atoms in total. The normalized spacial score (nSPS) is 20.4. The molecule has 2 atom stereocenters. The monoisotopic (exact) mass is 472 g/mol. The van der Waals surface area contributed by atoms with Crippen molar-refractivity contribution in [2.75, 3.05) is 13.1 Å². The predicted octanol–water partition coefficient (Wildman–Crippen LogP) is 4.16. The third-order valence-electron chi connectivity index (χ3n) is 7.13. The number of carbonyl (C=O) groups is 1. The van der Waals surface area contributed by atoms with Gasteiger partial charge in [-0.1, -0.05) is 0 Å². The Morgan fingerprint density at radius 2 is 2.03 bits per heavy atom. The highest BCUT2D eigenvalue weighted by Gasteiger charge is 2.57. The van der Waals surface area contributed by atoms with Crippen LogP contribution in [0.2, 0.25) is 0 Å². The number of pyridine rings is 1. The standard InChI is InChI=1S/C25H27F3N4O2/c1-14-11-30-22-19(14)10-16(12-31-22)15-8-17-13-32(23(33)24(2,34)25(26,27)28)7-5-18(17)20(9-15)21-4-3-6-29-21/h8-12,21,29,34H,3-7,13H2,1-2H3,(H,30,31)/t21-,24-/m0/s1. The van der Waals surface area contributed by atoms with E-state index in [1.165, 1.54) is 0 Å². The number of rotatable bonds is 3. The van der Waals surface area contributed by atoms with Gasteiger partial charge in [0.1, 0.15) is 5.65 Å². The highest BCUT2D eigenvalue weighted by molar-refractivity contribution is 5.86. The number of hydrogen-bond donors (Lipinski definition) is 3. The topological polar surface area (TPSA) is 81.2 Å². The number of nitrogens with zero attached hydrogens (tertiary/aromatic N) is 2. The number of fused-ring (bicyclic) bond motifs is 2. The molecule has 180 valence electrons. The number of alkyl halides is 3. The van der Waals surface area contributed by atoms with Crippen molar-refractivity contribution in [2.45, 2.75) is 57.5 Å². The molecule has 2 aliphatic rings. The molecule has 5 rings (SSSR count). The summed E-state index contributed by atoms with van der Waals surface area (Å²) in [5, 5.41) is 14.5. The van der Waals surface area contributed by atoms with Crippen LogP contribution in [0.15, 0.2) is 30.6 Å². The molecule has 3 N–H and O–H groups in total. The third-order valence-corrected chi connectivity index (χ3v) is 7.13. The lowest BCUT2D eigenvalue weighted by atomic mass is 9.86. The fourth-order valence-corrected chi connectivity index (χ4v) is 5.06. The molecule has 2 aliphatic heterocycles. The van der Waals surface area contributed by atoms with Crippen LogP contribution in [0.4, 0.5) is 13.2 Å². The van der Waals surface area contributed by atoms with Crippen LogP contribution in [0.3, 0.4) is 0 Å². The number of nitrogens with one attached hydrogen (secondary N) is 2. The van der Waals surface area contributed by atoms with Gasteiger partial charge in [-0.05, 0) is 85.7 Å². The molecule has 1 saturated heterocycles. The minimum Gasteiger partial charge on any atom is -0.373 e. The average molecular weight is 473 g/mol. The molecule has 1 aromatic carbocycles. The van der Waals surface area contributed by atoms with E-state index in [0.717, 1.165) is 68.7 Å². The summed E-state index contributed by atoms with van der Waals surface area (Å²) in [7, 11) is 0. The Morgan fingerprint density at radius 1 is 1.24 bits per heavy atom. The van der Waals surface area contributed by atoms with E-state index < -0.39 is 17.7 Å². The van der Waals surface area contributed by atoms with E-state index in [4.69, 9.17) is 0 Å². The van der Waals surface area contributed by atoms with Crippen LogP contribution in [0, 0.1) is 6.92 Å². The van der Waals surface area contributed by atoms with E-state index in [2.05, 4.69) is 27.4 Å². The lowest BCUT2D eigenvalue weighted by Crippen LogP contribution is -2.56. The number of hydrogen-bond acceptors (Lipinski definition) is 4. The maximum absolute atomic E-state index is 13.3. The number of H-pyrrole nitrogens is 1. The van der Waals surface area contributed by atoms with Crippen LogP contribution >= 0.6 is 0 Å². The summed E-state index contributed by atoms with van der Waals surface area (Å²) in [6.07, 6.45) is 1.12. The molecular weight excluding hydrogens is 445 g/mol. The molecule has 4 heterocycles. The van der Waals surface area contributed by atoms with Crippen LogP contribution < -0.4 is 5.32 Å². The maximum Gasteiger partial charge on any atom is 0.426 e. The Labute approximate surface area is 195 Å². The van der Waals surface area contributed by atoms with Gasteiger partial charge in [-0.15, -0.1) is 0 Å². The molecule has 0 unspecified atom stereocenters.